The molecule has 2 heterocycles. The highest BCUT2D eigenvalue weighted by atomic mass is 35.5. The minimum Gasteiger partial charge on any atom is -0.381 e. The molecule has 1 unspecified atom stereocenters. The summed E-state index contributed by atoms with van der Waals surface area (Å²) in [5.74, 6) is 0.576. The van der Waals surface area contributed by atoms with Crippen molar-refractivity contribution in [2.24, 2.45) is 5.92 Å². The van der Waals surface area contributed by atoms with Gasteiger partial charge in [-0.3, -0.25) is 4.79 Å². The Hall–Kier alpha value is -0.320. The number of nitrogens with one attached hydrogen (secondary N) is 1. The maximum Gasteiger partial charge on any atom is 0.226 e. The number of halogens is 1. The normalized spacial score (nSPS) is 25.7. The van der Waals surface area contributed by atoms with Crippen LogP contribution in [0.25, 0.3) is 0 Å². The highest BCUT2D eigenvalue weighted by Gasteiger charge is 2.33. The fourth-order valence-electron chi connectivity index (χ4n) is 2.75. The fourth-order valence-corrected chi connectivity index (χ4v) is 2.75. The summed E-state index contributed by atoms with van der Waals surface area (Å²) in [6, 6.07) is 0.417. The monoisotopic (exact) mass is 262 g/mol. The van der Waals surface area contributed by atoms with Crippen LogP contribution in [0.15, 0.2) is 0 Å². The Balaban J connectivity index is 0.00000144. The lowest BCUT2D eigenvalue weighted by molar-refractivity contribution is -0.139. The van der Waals surface area contributed by atoms with Crippen molar-refractivity contribution in [3.05, 3.63) is 0 Å². The van der Waals surface area contributed by atoms with E-state index >= 15 is 0 Å². The standard InChI is InChI=1S/C12H22N2O2.ClH/c1-13-9-11-3-2-6-14(11)12(15)10-4-7-16-8-5-10;/h10-11,13H,2-9H2,1H3;1H. The lowest BCUT2D eigenvalue weighted by atomic mass is 9.98. The average Bonchev–Trinajstić information content (AvgIpc) is 2.78. The Morgan fingerprint density at radius 3 is 2.71 bits per heavy atom. The molecule has 17 heavy (non-hydrogen) atoms. The summed E-state index contributed by atoms with van der Waals surface area (Å²) in [6.45, 7) is 3.37. The molecule has 1 amide bonds. The van der Waals surface area contributed by atoms with Crippen molar-refractivity contribution >= 4 is 18.3 Å². The van der Waals surface area contributed by atoms with E-state index in [-0.39, 0.29) is 18.3 Å². The van der Waals surface area contributed by atoms with E-state index in [2.05, 4.69) is 10.2 Å². The van der Waals surface area contributed by atoms with Gasteiger partial charge in [-0.1, -0.05) is 0 Å². The minimum atomic E-state index is 0. The zero-order chi connectivity index (χ0) is 11.4. The molecule has 0 radical (unpaired) electrons. The highest BCUT2D eigenvalue weighted by molar-refractivity contribution is 5.85. The number of carbonyl (C=O) groups excluding carboxylic acids is 1. The van der Waals surface area contributed by atoms with Crippen LogP contribution in [-0.2, 0) is 9.53 Å². The number of hydrogen-bond donors (Lipinski definition) is 1. The first kappa shape index (κ1) is 14.7. The van der Waals surface area contributed by atoms with E-state index in [1.54, 1.807) is 0 Å². The van der Waals surface area contributed by atoms with Crippen LogP contribution < -0.4 is 5.32 Å². The first-order chi connectivity index (χ1) is 7.83. The second-order valence-corrected chi connectivity index (χ2v) is 4.77. The van der Waals surface area contributed by atoms with Crippen molar-refractivity contribution in [3.63, 3.8) is 0 Å². The Morgan fingerprint density at radius 2 is 2.06 bits per heavy atom. The maximum atomic E-state index is 12.3. The summed E-state index contributed by atoms with van der Waals surface area (Å²) >= 11 is 0. The molecular weight excluding hydrogens is 240 g/mol. The van der Waals surface area contributed by atoms with Gasteiger partial charge >= 0.3 is 0 Å². The molecule has 1 atom stereocenters. The molecule has 0 spiro atoms. The number of carbonyl (C=O) groups is 1. The molecule has 1 N–H and O–H groups in total. The van der Waals surface area contributed by atoms with Crippen molar-refractivity contribution in [2.75, 3.05) is 33.4 Å². The number of rotatable bonds is 3. The molecule has 2 aliphatic rings. The van der Waals surface area contributed by atoms with Gasteiger partial charge in [-0.15, -0.1) is 12.4 Å². The predicted molar refractivity (Wildman–Crippen MR) is 69.5 cm³/mol. The highest BCUT2D eigenvalue weighted by Crippen LogP contribution is 2.24. The van der Waals surface area contributed by atoms with E-state index < -0.39 is 0 Å². The Labute approximate surface area is 109 Å². The largest absolute Gasteiger partial charge is 0.381 e. The van der Waals surface area contributed by atoms with E-state index in [4.69, 9.17) is 4.74 Å². The van der Waals surface area contributed by atoms with Crippen molar-refractivity contribution in [2.45, 2.75) is 31.7 Å². The van der Waals surface area contributed by atoms with Crippen LogP contribution in [0.3, 0.4) is 0 Å². The van der Waals surface area contributed by atoms with Crippen molar-refractivity contribution < 1.29 is 9.53 Å². The van der Waals surface area contributed by atoms with E-state index in [1.165, 1.54) is 0 Å². The van der Waals surface area contributed by atoms with Gasteiger partial charge in [0.15, 0.2) is 0 Å². The lowest BCUT2D eigenvalue weighted by Gasteiger charge is -2.30. The zero-order valence-electron chi connectivity index (χ0n) is 10.5. The first-order valence-corrected chi connectivity index (χ1v) is 6.35. The van der Waals surface area contributed by atoms with Crippen molar-refractivity contribution in [1.82, 2.24) is 10.2 Å². The van der Waals surface area contributed by atoms with Gasteiger partial charge in [0.05, 0.1) is 0 Å². The summed E-state index contributed by atoms with van der Waals surface area (Å²) in [4.78, 5) is 14.4. The average molecular weight is 263 g/mol. The third-order valence-electron chi connectivity index (χ3n) is 3.67. The molecule has 100 valence electrons. The number of nitrogens with zero attached hydrogens (tertiary/aromatic N) is 1. The minimum absolute atomic E-state index is 0. The number of ether oxygens (including phenoxy) is 1. The van der Waals surface area contributed by atoms with Crippen molar-refractivity contribution in [1.29, 1.82) is 0 Å². The van der Waals surface area contributed by atoms with Gasteiger partial charge in [0.1, 0.15) is 0 Å². The van der Waals surface area contributed by atoms with Gasteiger partial charge in [-0.05, 0) is 32.7 Å². The predicted octanol–water partition coefficient (Wildman–Crippen LogP) is 1.05. The van der Waals surface area contributed by atoms with Crippen LogP contribution in [0.2, 0.25) is 0 Å². The second-order valence-electron chi connectivity index (χ2n) is 4.77. The Kier molecular flexibility index (Phi) is 6.23. The van der Waals surface area contributed by atoms with Crippen LogP contribution in [0.4, 0.5) is 0 Å². The molecule has 4 nitrogen and oxygen atoms in total. The SMILES string of the molecule is CNCC1CCCN1C(=O)C1CCOCC1.Cl. The number of amides is 1. The Morgan fingerprint density at radius 1 is 1.35 bits per heavy atom. The van der Waals surface area contributed by atoms with Crippen LogP contribution >= 0.6 is 12.4 Å². The van der Waals surface area contributed by atoms with E-state index in [1.807, 2.05) is 7.05 Å². The smallest absolute Gasteiger partial charge is 0.226 e. The number of likely N-dealkylation sites (N-methyl/N-ethyl adjacent to an activating group) is 1. The maximum absolute atomic E-state index is 12.3. The van der Waals surface area contributed by atoms with Crippen LogP contribution in [0, 0.1) is 5.92 Å². The number of likely N-dealkylation sites (tertiary alicyclic amines) is 1. The third-order valence-corrected chi connectivity index (χ3v) is 3.67. The second kappa shape index (κ2) is 7.19. The van der Waals surface area contributed by atoms with E-state index in [0.717, 1.165) is 52.0 Å². The van der Waals surface area contributed by atoms with E-state index in [9.17, 15) is 4.79 Å². The quantitative estimate of drug-likeness (QED) is 0.827. The molecule has 2 saturated heterocycles. The molecule has 0 aromatic carbocycles. The first-order valence-electron chi connectivity index (χ1n) is 6.35. The van der Waals surface area contributed by atoms with Gasteiger partial charge in [0, 0.05) is 38.3 Å². The zero-order valence-corrected chi connectivity index (χ0v) is 11.3. The molecule has 0 saturated carbocycles. The van der Waals surface area contributed by atoms with Crippen LogP contribution in [-0.4, -0.2) is 50.2 Å². The van der Waals surface area contributed by atoms with Gasteiger partial charge in [0.2, 0.25) is 5.91 Å². The molecule has 0 aromatic heterocycles. The van der Waals surface area contributed by atoms with Crippen LogP contribution in [0.5, 0.6) is 0 Å². The topological polar surface area (TPSA) is 41.6 Å². The molecule has 5 heteroatoms. The van der Waals surface area contributed by atoms with Gasteiger partial charge in [0.25, 0.3) is 0 Å². The molecule has 2 fully saturated rings. The fraction of sp³-hybridized carbons (Fsp3) is 0.917. The molecular formula is C12H23ClN2O2. The summed E-state index contributed by atoms with van der Waals surface area (Å²) in [7, 11) is 1.95. The van der Waals surface area contributed by atoms with Crippen molar-refractivity contribution in [3.8, 4) is 0 Å². The van der Waals surface area contributed by atoms with Gasteiger partial charge < -0.3 is 15.0 Å². The lowest BCUT2D eigenvalue weighted by Crippen LogP contribution is -2.44. The summed E-state index contributed by atoms with van der Waals surface area (Å²) in [6.07, 6.45) is 4.11. The summed E-state index contributed by atoms with van der Waals surface area (Å²) in [5, 5.41) is 3.18. The summed E-state index contributed by atoms with van der Waals surface area (Å²) in [5.41, 5.74) is 0. The third kappa shape index (κ3) is 3.57. The summed E-state index contributed by atoms with van der Waals surface area (Å²) < 4.78 is 5.30. The number of hydrogen-bond acceptors (Lipinski definition) is 3. The van der Waals surface area contributed by atoms with Crippen LogP contribution in [0.1, 0.15) is 25.7 Å². The molecule has 0 aliphatic carbocycles. The molecule has 2 rings (SSSR count). The van der Waals surface area contributed by atoms with E-state index in [0.29, 0.717) is 11.9 Å². The molecule has 2 aliphatic heterocycles. The molecule has 0 bridgehead atoms. The molecule has 0 aromatic rings. The Bertz CT molecular complexity index is 245. The van der Waals surface area contributed by atoms with Gasteiger partial charge in [-0.2, -0.15) is 0 Å². The van der Waals surface area contributed by atoms with Gasteiger partial charge in [-0.25, -0.2) is 0 Å².